The Morgan fingerprint density at radius 2 is 0.889 bits per heavy atom. The largest absolute Gasteiger partial charge is 0.377 e. The van der Waals surface area contributed by atoms with Crippen LogP contribution < -0.4 is 11.5 Å². The van der Waals surface area contributed by atoms with E-state index in [2.05, 4.69) is 0 Å². The summed E-state index contributed by atoms with van der Waals surface area (Å²) in [5, 5.41) is 0. The molecule has 0 spiro atoms. The van der Waals surface area contributed by atoms with Crippen LogP contribution in [0.1, 0.15) is 0 Å². The highest BCUT2D eigenvalue weighted by atomic mass is 16.6. The van der Waals surface area contributed by atoms with E-state index in [9.17, 15) is 9.59 Å². The number of amides is 2. The van der Waals surface area contributed by atoms with Crippen molar-refractivity contribution in [3.05, 3.63) is 0 Å². The molecule has 0 aliphatic rings. The smallest absolute Gasteiger partial charge is 0.243 e. The number of carbonyl (C=O) groups excluding carboxylic acids is 2. The molecule has 0 aromatic carbocycles. The van der Waals surface area contributed by atoms with E-state index in [4.69, 9.17) is 30.4 Å². The van der Waals surface area contributed by atoms with Gasteiger partial charge in [-0.3, -0.25) is 9.59 Å². The maximum atomic E-state index is 10.3. The number of primary amides is 2. The van der Waals surface area contributed by atoms with Crippen molar-refractivity contribution >= 4 is 11.8 Å². The summed E-state index contributed by atoms with van der Waals surface area (Å²) in [7, 11) is 0. The van der Waals surface area contributed by atoms with Crippen molar-refractivity contribution in [3.63, 3.8) is 0 Å². The highest BCUT2D eigenvalue weighted by molar-refractivity contribution is 5.75. The monoisotopic (exact) mass is 264 g/mol. The van der Waals surface area contributed by atoms with Crippen LogP contribution in [0, 0.1) is 0 Å². The number of nitrogens with two attached hydrogens (primary N) is 2. The summed E-state index contributed by atoms with van der Waals surface area (Å²) in [5.74, 6) is -1.01. The van der Waals surface area contributed by atoms with Crippen molar-refractivity contribution < 1.29 is 28.5 Å². The van der Waals surface area contributed by atoms with Gasteiger partial charge < -0.3 is 30.4 Å². The Labute approximate surface area is 105 Å². The van der Waals surface area contributed by atoms with E-state index < -0.39 is 11.8 Å². The molecule has 0 heterocycles. The summed E-state index contributed by atoms with van der Waals surface area (Å²) < 4.78 is 20.0. The predicted octanol–water partition coefficient (Wildman–Crippen LogP) is -1.98. The molecule has 0 bridgehead atoms. The van der Waals surface area contributed by atoms with Gasteiger partial charge in [0, 0.05) is 0 Å². The second kappa shape index (κ2) is 12.2. The van der Waals surface area contributed by atoms with Crippen LogP contribution in [0.5, 0.6) is 0 Å². The fourth-order valence-electron chi connectivity index (χ4n) is 0.903. The molecule has 18 heavy (non-hydrogen) atoms. The molecule has 0 fully saturated rings. The minimum atomic E-state index is -0.505. The van der Waals surface area contributed by atoms with E-state index in [1.165, 1.54) is 0 Å². The van der Waals surface area contributed by atoms with Crippen LogP contribution in [0.2, 0.25) is 0 Å². The Bertz CT molecular complexity index is 212. The van der Waals surface area contributed by atoms with Gasteiger partial charge in [-0.05, 0) is 0 Å². The van der Waals surface area contributed by atoms with Gasteiger partial charge in [-0.15, -0.1) is 0 Å². The molecule has 8 nitrogen and oxygen atoms in total. The number of carbonyl (C=O) groups is 2. The van der Waals surface area contributed by atoms with Crippen molar-refractivity contribution in [1.82, 2.24) is 0 Å². The molecular weight excluding hydrogens is 244 g/mol. The SMILES string of the molecule is NC(=O)COCCOCCOCCOCC(N)=O. The van der Waals surface area contributed by atoms with Gasteiger partial charge in [0.05, 0.1) is 39.6 Å². The molecule has 0 radical (unpaired) electrons. The number of hydrogen-bond donors (Lipinski definition) is 2. The zero-order chi connectivity index (χ0) is 13.6. The lowest BCUT2D eigenvalue weighted by molar-refractivity contribution is -0.124. The van der Waals surface area contributed by atoms with Gasteiger partial charge in [0.15, 0.2) is 0 Å². The summed E-state index contributed by atoms with van der Waals surface area (Å²) in [6, 6.07) is 0. The molecule has 2 amide bonds. The maximum Gasteiger partial charge on any atom is 0.243 e. The zero-order valence-corrected chi connectivity index (χ0v) is 10.3. The summed E-state index contributed by atoms with van der Waals surface area (Å²) in [6.45, 7) is 1.98. The third-order valence-corrected chi connectivity index (χ3v) is 1.60. The summed E-state index contributed by atoms with van der Waals surface area (Å²) >= 11 is 0. The molecule has 0 aromatic heterocycles. The van der Waals surface area contributed by atoms with E-state index in [-0.39, 0.29) is 13.2 Å². The van der Waals surface area contributed by atoms with Gasteiger partial charge in [-0.25, -0.2) is 0 Å². The molecule has 0 aliphatic heterocycles. The number of rotatable bonds is 13. The van der Waals surface area contributed by atoms with Crippen molar-refractivity contribution in [1.29, 1.82) is 0 Å². The number of ether oxygens (including phenoxy) is 4. The highest BCUT2D eigenvalue weighted by Crippen LogP contribution is 1.82. The van der Waals surface area contributed by atoms with Crippen LogP contribution in [0.4, 0.5) is 0 Å². The van der Waals surface area contributed by atoms with E-state index in [0.717, 1.165) is 0 Å². The Balaban J connectivity index is 2.99. The van der Waals surface area contributed by atoms with E-state index in [1.54, 1.807) is 0 Å². The zero-order valence-electron chi connectivity index (χ0n) is 10.3. The molecular formula is C10H20N2O6. The van der Waals surface area contributed by atoms with Crippen LogP contribution in [0.25, 0.3) is 0 Å². The summed E-state index contributed by atoms with van der Waals surface area (Å²) in [5.41, 5.74) is 9.73. The van der Waals surface area contributed by atoms with E-state index in [1.807, 2.05) is 0 Å². The summed E-state index contributed by atoms with van der Waals surface area (Å²) in [6.07, 6.45) is 0. The van der Waals surface area contributed by atoms with Gasteiger partial charge in [-0.2, -0.15) is 0 Å². The average Bonchev–Trinajstić information content (AvgIpc) is 2.29. The maximum absolute atomic E-state index is 10.3. The third-order valence-electron chi connectivity index (χ3n) is 1.60. The Morgan fingerprint density at radius 3 is 1.17 bits per heavy atom. The Kier molecular flexibility index (Phi) is 11.4. The van der Waals surface area contributed by atoms with Gasteiger partial charge in [-0.1, -0.05) is 0 Å². The van der Waals surface area contributed by atoms with Crippen LogP contribution in [-0.4, -0.2) is 64.7 Å². The predicted molar refractivity (Wildman–Crippen MR) is 61.7 cm³/mol. The molecule has 0 aliphatic carbocycles. The molecule has 0 atom stereocenters. The van der Waals surface area contributed by atoms with Crippen molar-refractivity contribution in [3.8, 4) is 0 Å². The fourth-order valence-corrected chi connectivity index (χ4v) is 0.903. The van der Waals surface area contributed by atoms with Crippen LogP contribution in [0.3, 0.4) is 0 Å². The van der Waals surface area contributed by atoms with Crippen molar-refractivity contribution in [2.24, 2.45) is 11.5 Å². The van der Waals surface area contributed by atoms with Gasteiger partial charge in [0.2, 0.25) is 11.8 Å². The topological polar surface area (TPSA) is 123 Å². The molecule has 4 N–H and O–H groups in total. The molecule has 0 aromatic rings. The lowest BCUT2D eigenvalue weighted by Gasteiger charge is -2.06. The normalized spacial score (nSPS) is 10.4. The molecule has 0 saturated carbocycles. The molecule has 0 unspecified atom stereocenters. The molecule has 8 heteroatoms. The van der Waals surface area contributed by atoms with E-state index >= 15 is 0 Å². The first kappa shape index (κ1) is 16.8. The lowest BCUT2D eigenvalue weighted by Crippen LogP contribution is -2.20. The second-order valence-electron chi connectivity index (χ2n) is 3.26. The average molecular weight is 264 g/mol. The second-order valence-corrected chi connectivity index (χ2v) is 3.26. The van der Waals surface area contributed by atoms with Crippen LogP contribution >= 0.6 is 0 Å². The van der Waals surface area contributed by atoms with Crippen molar-refractivity contribution in [2.45, 2.75) is 0 Å². The van der Waals surface area contributed by atoms with Gasteiger partial charge in [0.1, 0.15) is 13.2 Å². The Morgan fingerprint density at radius 1 is 0.611 bits per heavy atom. The highest BCUT2D eigenvalue weighted by Gasteiger charge is 1.95. The van der Waals surface area contributed by atoms with Crippen molar-refractivity contribution in [2.75, 3.05) is 52.9 Å². The van der Waals surface area contributed by atoms with Gasteiger partial charge >= 0.3 is 0 Å². The van der Waals surface area contributed by atoms with E-state index in [0.29, 0.717) is 39.6 Å². The Hall–Kier alpha value is -1.22. The number of hydrogen-bond acceptors (Lipinski definition) is 6. The third kappa shape index (κ3) is 14.8. The first-order valence-corrected chi connectivity index (χ1v) is 5.50. The lowest BCUT2D eigenvalue weighted by atomic mass is 10.6. The van der Waals surface area contributed by atoms with Gasteiger partial charge in [0.25, 0.3) is 0 Å². The minimum absolute atomic E-state index is 0.100. The van der Waals surface area contributed by atoms with Crippen LogP contribution in [0.15, 0.2) is 0 Å². The first-order valence-electron chi connectivity index (χ1n) is 5.50. The molecule has 0 saturated heterocycles. The molecule has 0 rings (SSSR count). The first-order chi connectivity index (χ1) is 8.63. The quantitative estimate of drug-likeness (QED) is 0.372. The summed E-state index contributed by atoms with van der Waals surface area (Å²) in [4.78, 5) is 20.6. The van der Waals surface area contributed by atoms with Crippen LogP contribution in [-0.2, 0) is 28.5 Å². The minimum Gasteiger partial charge on any atom is -0.377 e. The fraction of sp³-hybridized carbons (Fsp3) is 0.800. The molecule has 106 valence electrons. The standard InChI is InChI=1S/C10H20N2O6/c11-9(13)7-17-5-3-15-1-2-16-4-6-18-8-10(12)14/h1-8H2,(H2,11,13)(H2,12,14).